The summed E-state index contributed by atoms with van der Waals surface area (Å²) in [5.41, 5.74) is 1.37. The molecule has 7 heteroatoms. The molecule has 0 aliphatic heterocycles. The molecule has 0 radical (unpaired) electrons. The second-order valence-corrected chi connectivity index (χ2v) is 12.2. The number of ether oxygens (including phenoxy) is 1. The molecule has 0 heterocycles. The van der Waals surface area contributed by atoms with E-state index in [4.69, 9.17) is 4.74 Å². The summed E-state index contributed by atoms with van der Waals surface area (Å²) >= 11 is 2.31. The molecule has 1 amide bonds. The van der Waals surface area contributed by atoms with Crippen molar-refractivity contribution in [3.05, 3.63) is 71.8 Å². The van der Waals surface area contributed by atoms with Crippen LogP contribution in [0.4, 0.5) is 4.79 Å². The van der Waals surface area contributed by atoms with Crippen molar-refractivity contribution >= 4 is 39.8 Å². The molecule has 0 aromatic heterocycles. The van der Waals surface area contributed by atoms with Crippen LogP contribution >= 0.6 is 23.5 Å². The van der Waals surface area contributed by atoms with Crippen LogP contribution in [0.1, 0.15) is 64.0 Å². The molecule has 0 spiro atoms. The standard InChI is InChI=1S/C29H37NO4S2/c1-29(2,3)34-28(33)30-25(23-17-11-6-12-18-23)24(26(31)35-19-21-13-7-4-8-14-21)27(32)36-20-22-15-9-5-10-16-22/h4-5,7-10,13-16,23-25H,6,11-12,17-20H2,1-3H3,(H,30,33)/t25-/m1/s1. The number of alkyl carbamates (subject to hydrolysis) is 1. The highest BCUT2D eigenvalue weighted by Crippen LogP contribution is 2.35. The number of rotatable bonds is 9. The van der Waals surface area contributed by atoms with Gasteiger partial charge >= 0.3 is 6.09 Å². The van der Waals surface area contributed by atoms with Crippen molar-refractivity contribution in [2.24, 2.45) is 11.8 Å². The van der Waals surface area contributed by atoms with Gasteiger partial charge in [0.15, 0.2) is 0 Å². The first-order chi connectivity index (χ1) is 17.2. The fourth-order valence-electron chi connectivity index (χ4n) is 4.44. The Morgan fingerprint density at radius 3 is 1.75 bits per heavy atom. The van der Waals surface area contributed by atoms with Crippen molar-refractivity contribution in [3.63, 3.8) is 0 Å². The molecule has 5 nitrogen and oxygen atoms in total. The molecule has 1 saturated carbocycles. The van der Waals surface area contributed by atoms with Crippen LogP contribution < -0.4 is 5.32 Å². The maximum absolute atomic E-state index is 13.7. The number of hydrogen-bond donors (Lipinski definition) is 1. The molecule has 1 atom stereocenters. The van der Waals surface area contributed by atoms with E-state index in [0.29, 0.717) is 11.5 Å². The van der Waals surface area contributed by atoms with Crippen molar-refractivity contribution in [2.45, 2.75) is 76.0 Å². The molecule has 0 bridgehead atoms. The maximum Gasteiger partial charge on any atom is 0.407 e. The van der Waals surface area contributed by atoms with Gasteiger partial charge in [-0.05, 0) is 50.7 Å². The van der Waals surface area contributed by atoms with Crippen LogP contribution in [0, 0.1) is 11.8 Å². The summed E-state index contributed by atoms with van der Waals surface area (Å²) < 4.78 is 5.54. The summed E-state index contributed by atoms with van der Waals surface area (Å²) in [6, 6.07) is 18.9. The van der Waals surface area contributed by atoms with E-state index in [1.54, 1.807) is 20.8 Å². The van der Waals surface area contributed by atoms with Crippen LogP contribution in [-0.4, -0.2) is 28.0 Å². The normalized spacial score (nSPS) is 15.3. The van der Waals surface area contributed by atoms with E-state index in [-0.39, 0.29) is 16.1 Å². The monoisotopic (exact) mass is 527 g/mol. The summed E-state index contributed by atoms with van der Waals surface area (Å²) in [6.07, 6.45) is 4.37. The second kappa shape index (κ2) is 13.9. The van der Waals surface area contributed by atoms with Gasteiger partial charge < -0.3 is 10.1 Å². The van der Waals surface area contributed by atoms with Crippen LogP contribution in [0.5, 0.6) is 0 Å². The smallest absolute Gasteiger partial charge is 0.407 e. The minimum absolute atomic E-state index is 0.0545. The zero-order chi connectivity index (χ0) is 26.0. The Morgan fingerprint density at radius 1 is 0.833 bits per heavy atom. The van der Waals surface area contributed by atoms with E-state index < -0.39 is 23.7 Å². The molecular weight excluding hydrogens is 490 g/mol. The third-order valence-electron chi connectivity index (χ3n) is 6.16. The Bertz CT molecular complexity index is 930. The number of hydrogen-bond acceptors (Lipinski definition) is 6. The number of carbonyl (C=O) groups excluding carboxylic acids is 3. The van der Waals surface area contributed by atoms with Crippen molar-refractivity contribution in [3.8, 4) is 0 Å². The molecule has 1 aliphatic carbocycles. The van der Waals surface area contributed by atoms with Gasteiger partial charge in [-0.2, -0.15) is 0 Å². The largest absolute Gasteiger partial charge is 0.444 e. The SMILES string of the molecule is CC(C)(C)OC(=O)N[C@H](C1CCCCC1)C(C(=O)SCc1ccccc1)C(=O)SCc1ccccc1. The fourth-order valence-corrected chi connectivity index (χ4v) is 6.38. The highest BCUT2D eigenvalue weighted by atomic mass is 32.2. The average Bonchev–Trinajstić information content (AvgIpc) is 2.86. The maximum atomic E-state index is 13.7. The van der Waals surface area contributed by atoms with Gasteiger partial charge in [0.25, 0.3) is 0 Å². The van der Waals surface area contributed by atoms with Crippen molar-refractivity contribution in [1.82, 2.24) is 5.32 Å². The third kappa shape index (κ3) is 9.32. The first-order valence-corrected chi connectivity index (χ1v) is 14.6. The topological polar surface area (TPSA) is 72.5 Å². The Morgan fingerprint density at radius 2 is 1.31 bits per heavy atom. The van der Waals surface area contributed by atoms with E-state index in [9.17, 15) is 14.4 Å². The van der Waals surface area contributed by atoms with Gasteiger partial charge in [-0.15, -0.1) is 0 Å². The predicted octanol–water partition coefficient (Wildman–Crippen LogP) is 7.00. The lowest BCUT2D eigenvalue weighted by Gasteiger charge is -2.35. The van der Waals surface area contributed by atoms with Crippen LogP contribution in [0.3, 0.4) is 0 Å². The number of amides is 1. The zero-order valence-electron chi connectivity index (χ0n) is 21.4. The van der Waals surface area contributed by atoms with Gasteiger partial charge in [-0.1, -0.05) is 103 Å². The summed E-state index contributed by atoms with van der Waals surface area (Å²) in [6.45, 7) is 5.42. The van der Waals surface area contributed by atoms with E-state index in [2.05, 4.69) is 5.32 Å². The molecule has 36 heavy (non-hydrogen) atoms. The van der Waals surface area contributed by atoms with Crippen LogP contribution in [0.25, 0.3) is 0 Å². The number of thioether (sulfide) groups is 2. The highest BCUT2D eigenvalue weighted by Gasteiger charge is 2.41. The Balaban J connectivity index is 1.83. The summed E-state index contributed by atoms with van der Waals surface area (Å²) in [4.78, 5) is 40.2. The summed E-state index contributed by atoms with van der Waals surface area (Å²) in [7, 11) is 0. The Kier molecular flexibility index (Phi) is 10.9. The molecular formula is C29H37NO4S2. The quantitative estimate of drug-likeness (QED) is 0.354. The van der Waals surface area contributed by atoms with E-state index in [0.717, 1.165) is 66.8 Å². The molecule has 1 fully saturated rings. The summed E-state index contributed by atoms with van der Waals surface area (Å²) in [5.74, 6) is 0.0784. The first-order valence-electron chi connectivity index (χ1n) is 12.6. The van der Waals surface area contributed by atoms with Crippen LogP contribution in [0.15, 0.2) is 60.7 Å². The molecule has 1 aliphatic rings. The van der Waals surface area contributed by atoms with Crippen LogP contribution in [-0.2, 0) is 25.8 Å². The minimum atomic E-state index is -0.942. The van der Waals surface area contributed by atoms with E-state index >= 15 is 0 Å². The first kappa shape index (κ1) is 28.3. The second-order valence-electron chi connectivity index (χ2n) is 10.2. The van der Waals surface area contributed by atoms with E-state index in [1.807, 2.05) is 60.7 Å². The molecule has 0 unspecified atom stereocenters. The lowest BCUT2D eigenvalue weighted by atomic mass is 9.79. The van der Waals surface area contributed by atoms with Crippen molar-refractivity contribution in [1.29, 1.82) is 0 Å². The van der Waals surface area contributed by atoms with Gasteiger partial charge in [-0.25, -0.2) is 4.79 Å². The summed E-state index contributed by atoms with van der Waals surface area (Å²) in [5, 5.41) is 2.58. The Hall–Kier alpha value is -2.25. The number of benzene rings is 2. The molecule has 2 aromatic carbocycles. The molecule has 1 N–H and O–H groups in total. The Labute approximate surface area is 223 Å². The van der Waals surface area contributed by atoms with Gasteiger partial charge in [0.1, 0.15) is 11.5 Å². The van der Waals surface area contributed by atoms with Gasteiger partial charge in [0.2, 0.25) is 10.2 Å². The lowest BCUT2D eigenvalue weighted by molar-refractivity contribution is -0.124. The molecule has 194 valence electrons. The van der Waals surface area contributed by atoms with Crippen LogP contribution in [0.2, 0.25) is 0 Å². The van der Waals surface area contributed by atoms with Gasteiger partial charge in [-0.3, -0.25) is 9.59 Å². The third-order valence-corrected chi connectivity index (χ3v) is 8.19. The predicted molar refractivity (Wildman–Crippen MR) is 149 cm³/mol. The number of carbonyl (C=O) groups is 3. The minimum Gasteiger partial charge on any atom is -0.444 e. The zero-order valence-corrected chi connectivity index (χ0v) is 23.0. The molecule has 3 rings (SSSR count). The van der Waals surface area contributed by atoms with Crippen molar-refractivity contribution in [2.75, 3.05) is 0 Å². The van der Waals surface area contributed by atoms with Gasteiger partial charge in [0.05, 0.1) is 6.04 Å². The molecule has 2 aromatic rings. The molecule has 0 saturated heterocycles. The number of nitrogens with one attached hydrogen (secondary N) is 1. The van der Waals surface area contributed by atoms with E-state index in [1.165, 1.54) is 0 Å². The highest BCUT2D eigenvalue weighted by molar-refractivity contribution is 8.15. The lowest BCUT2D eigenvalue weighted by Crippen LogP contribution is -2.51. The van der Waals surface area contributed by atoms with Crippen molar-refractivity contribution < 1.29 is 19.1 Å². The fraction of sp³-hybridized carbons (Fsp3) is 0.483. The average molecular weight is 528 g/mol. The van der Waals surface area contributed by atoms with Gasteiger partial charge in [0, 0.05) is 11.5 Å².